The average Bonchev–Trinajstić information content (AvgIpc) is 2.40. The van der Waals surface area contributed by atoms with Crippen molar-refractivity contribution in [2.45, 2.75) is 26.9 Å². The fourth-order valence-electron chi connectivity index (χ4n) is 1.51. The van der Waals surface area contributed by atoms with Gasteiger partial charge in [0.1, 0.15) is 11.9 Å². The Labute approximate surface area is 120 Å². The quantitative estimate of drug-likeness (QED) is 0.665. The third kappa shape index (κ3) is 4.66. The summed E-state index contributed by atoms with van der Waals surface area (Å²) < 4.78 is 5.28. The summed E-state index contributed by atoms with van der Waals surface area (Å²) in [6, 6.07) is 7.46. The number of ether oxygens (including phenoxy) is 1. The zero-order chi connectivity index (χ0) is 15.1. The van der Waals surface area contributed by atoms with Crippen LogP contribution in [0.1, 0.15) is 20.8 Å². The second kappa shape index (κ2) is 7.65. The summed E-state index contributed by atoms with van der Waals surface area (Å²) in [7, 11) is 3.86. The molecule has 1 atom stereocenters. The second-order valence-corrected chi connectivity index (χ2v) is 4.66. The van der Waals surface area contributed by atoms with Gasteiger partial charge in [-0.3, -0.25) is 4.79 Å². The van der Waals surface area contributed by atoms with Crippen molar-refractivity contribution in [2.24, 2.45) is 4.99 Å². The highest BCUT2D eigenvalue weighted by atomic mass is 16.5. The number of amidine groups is 1. The van der Waals surface area contributed by atoms with Gasteiger partial charge in [-0.2, -0.15) is 0 Å². The number of hydrogen-bond donors (Lipinski definition) is 1. The molecule has 0 aliphatic rings. The molecule has 1 rings (SSSR count). The van der Waals surface area contributed by atoms with Crippen LogP contribution < -0.4 is 5.32 Å². The molecule has 0 heterocycles. The number of carbonyl (C=O) groups excluding carboxylic acids is 1. The molecule has 5 heteroatoms. The van der Waals surface area contributed by atoms with E-state index in [9.17, 15) is 4.79 Å². The molecular weight excluding hydrogens is 254 g/mol. The SMILES string of the molecule is CCOC(C)C(=O)Nc1ccccc1/N=C(\C)N(C)C. The number of nitrogens with zero attached hydrogens (tertiary/aromatic N) is 2. The van der Waals surface area contributed by atoms with Crippen LogP contribution in [0.25, 0.3) is 0 Å². The number of hydrogen-bond acceptors (Lipinski definition) is 3. The fraction of sp³-hybridized carbons (Fsp3) is 0.467. The first-order valence-corrected chi connectivity index (χ1v) is 6.69. The monoisotopic (exact) mass is 277 g/mol. The van der Waals surface area contributed by atoms with E-state index in [2.05, 4.69) is 10.3 Å². The van der Waals surface area contributed by atoms with Gasteiger partial charge in [0.2, 0.25) is 0 Å². The van der Waals surface area contributed by atoms with Gasteiger partial charge in [-0.25, -0.2) is 4.99 Å². The molecule has 1 N–H and O–H groups in total. The molecule has 0 aromatic heterocycles. The van der Waals surface area contributed by atoms with Gasteiger partial charge >= 0.3 is 0 Å². The molecule has 0 fully saturated rings. The lowest BCUT2D eigenvalue weighted by molar-refractivity contribution is -0.126. The average molecular weight is 277 g/mol. The summed E-state index contributed by atoms with van der Waals surface area (Å²) in [4.78, 5) is 18.4. The van der Waals surface area contributed by atoms with Crippen LogP contribution in [-0.4, -0.2) is 43.4 Å². The highest BCUT2D eigenvalue weighted by molar-refractivity contribution is 5.97. The third-order valence-corrected chi connectivity index (χ3v) is 2.88. The zero-order valence-electron chi connectivity index (χ0n) is 12.8. The van der Waals surface area contributed by atoms with E-state index in [1.54, 1.807) is 6.92 Å². The van der Waals surface area contributed by atoms with E-state index in [1.807, 2.05) is 57.1 Å². The molecule has 0 aliphatic heterocycles. The van der Waals surface area contributed by atoms with Crippen molar-refractivity contribution in [1.29, 1.82) is 0 Å². The Bertz CT molecular complexity index is 484. The van der Waals surface area contributed by atoms with Crippen molar-refractivity contribution in [3.8, 4) is 0 Å². The standard InChI is InChI=1S/C15H23N3O2/c1-6-20-11(2)15(19)17-14-10-8-7-9-13(14)16-12(3)18(4)5/h7-11H,6H2,1-5H3,(H,17,19)/b16-12+. The third-order valence-electron chi connectivity index (χ3n) is 2.88. The number of amides is 1. The highest BCUT2D eigenvalue weighted by Crippen LogP contribution is 2.25. The molecule has 110 valence electrons. The van der Waals surface area contributed by atoms with Gasteiger partial charge in [-0.05, 0) is 32.9 Å². The van der Waals surface area contributed by atoms with Crippen LogP contribution in [0.15, 0.2) is 29.3 Å². The van der Waals surface area contributed by atoms with E-state index >= 15 is 0 Å². The summed E-state index contributed by atoms with van der Waals surface area (Å²) in [5.74, 6) is 0.696. The van der Waals surface area contributed by atoms with Crippen molar-refractivity contribution in [3.63, 3.8) is 0 Å². The molecule has 1 aromatic carbocycles. The van der Waals surface area contributed by atoms with E-state index in [4.69, 9.17) is 4.74 Å². The van der Waals surface area contributed by atoms with Gasteiger partial charge in [-0.15, -0.1) is 0 Å². The number of benzene rings is 1. The van der Waals surface area contributed by atoms with Crippen LogP contribution in [-0.2, 0) is 9.53 Å². The highest BCUT2D eigenvalue weighted by Gasteiger charge is 2.14. The first-order valence-electron chi connectivity index (χ1n) is 6.69. The second-order valence-electron chi connectivity index (χ2n) is 4.66. The van der Waals surface area contributed by atoms with Crippen LogP contribution in [0.4, 0.5) is 11.4 Å². The Hall–Kier alpha value is -1.88. The van der Waals surface area contributed by atoms with Crippen LogP contribution in [0.5, 0.6) is 0 Å². The molecule has 0 radical (unpaired) electrons. The number of nitrogens with one attached hydrogen (secondary N) is 1. The lowest BCUT2D eigenvalue weighted by Crippen LogP contribution is -2.27. The van der Waals surface area contributed by atoms with Crippen LogP contribution in [0.2, 0.25) is 0 Å². The molecule has 0 bridgehead atoms. The predicted octanol–water partition coefficient (Wildman–Crippen LogP) is 2.66. The van der Waals surface area contributed by atoms with Crippen molar-refractivity contribution in [3.05, 3.63) is 24.3 Å². The van der Waals surface area contributed by atoms with Gasteiger partial charge < -0.3 is 15.0 Å². The number of carbonyl (C=O) groups is 1. The number of anilines is 1. The van der Waals surface area contributed by atoms with E-state index in [0.717, 1.165) is 11.5 Å². The van der Waals surface area contributed by atoms with Crippen molar-refractivity contribution in [2.75, 3.05) is 26.0 Å². The Morgan fingerprint density at radius 1 is 1.40 bits per heavy atom. The summed E-state index contributed by atoms with van der Waals surface area (Å²) >= 11 is 0. The summed E-state index contributed by atoms with van der Waals surface area (Å²) in [6.45, 7) is 6.02. The van der Waals surface area contributed by atoms with E-state index in [1.165, 1.54) is 0 Å². The lowest BCUT2D eigenvalue weighted by atomic mass is 10.2. The molecule has 1 amide bonds. The van der Waals surface area contributed by atoms with E-state index in [0.29, 0.717) is 12.3 Å². The maximum Gasteiger partial charge on any atom is 0.253 e. The molecule has 0 saturated heterocycles. The normalized spacial score (nSPS) is 12.9. The minimum absolute atomic E-state index is 0.169. The summed E-state index contributed by atoms with van der Waals surface area (Å²) in [5, 5.41) is 2.85. The van der Waals surface area contributed by atoms with Crippen LogP contribution in [0, 0.1) is 0 Å². The molecule has 1 aromatic rings. The topological polar surface area (TPSA) is 53.9 Å². The first kappa shape index (κ1) is 16.2. The first-order chi connectivity index (χ1) is 9.45. The Morgan fingerprint density at radius 2 is 2.05 bits per heavy atom. The Morgan fingerprint density at radius 3 is 2.65 bits per heavy atom. The van der Waals surface area contributed by atoms with Gasteiger partial charge in [0, 0.05) is 20.7 Å². The van der Waals surface area contributed by atoms with E-state index in [-0.39, 0.29) is 5.91 Å². The number of para-hydroxylation sites is 2. The molecule has 5 nitrogen and oxygen atoms in total. The smallest absolute Gasteiger partial charge is 0.253 e. The van der Waals surface area contributed by atoms with Crippen LogP contribution >= 0.6 is 0 Å². The zero-order valence-corrected chi connectivity index (χ0v) is 12.8. The minimum atomic E-state index is -0.480. The molecular formula is C15H23N3O2. The van der Waals surface area contributed by atoms with Crippen LogP contribution in [0.3, 0.4) is 0 Å². The molecule has 20 heavy (non-hydrogen) atoms. The van der Waals surface area contributed by atoms with Crippen molar-refractivity contribution < 1.29 is 9.53 Å². The largest absolute Gasteiger partial charge is 0.369 e. The molecule has 0 saturated carbocycles. The Kier molecular flexibility index (Phi) is 6.18. The fourth-order valence-corrected chi connectivity index (χ4v) is 1.51. The summed E-state index contributed by atoms with van der Waals surface area (Å²) in [5.41, 5.74) is 1.42. The van der Waals surface area contributed by atoms with Crippen molar-refractivity contribution >= 4 is 23.1 Å². The minimum Gasteiger partial charge on any atom is -0.369 e. The Balaban J connectivity index is 2.91. The number of aliphatic imine (C=N–C) groups is 1. The van der Waals surface area contributed by atoms with Gasteiger partial charge in [0.15, 0.2) is 0 Å². The maximum absolute atomic E-state index is 12.0. The molecule has 0 spiro atoms. The summed E-state index contributed by atoms with van der Waals surface area (Å²) in [6.07, 6.45) is -0.480. The van der Waals surface area contributed by atoms with Gasteiger partial charge in [0.25, 0.3) is 5.91 Å². The van der Waals surface area contributed by atoms with Gasteiger partial charge in [0.05, 0.1) is 11.4 Å². The predicted molar refractivity (Wildman–Crippen MR) is 82.6 cm³/mol. The van der Waals surface area contributed by atoms with Crippen molar-refractivity contribution in [1.82, 2.24) is 4.90 Å². The number of rotatable bonds is 5. The molecule has 1 unspecified atom stereocenters. The van der Waals surface area contributed by atoms with Gasteiger partial charge in [-0.1, -0.05) is 12.1 Å². The molecule has 0 aliphatic carbocycles. The maximum atomic E-state index is 12.0. The lowest BCUT2D eigenvalue weighted by Gasteiger charge is -2.15. The van der Waals surface area contributed by atoms with E-state index < -0.39 is 6.10 Å².